The van der Waals surface area contributed by atoms with E-state index in [2.05, 4.69) is 10.3 Å². The number of pyridine rings is 1. The lowest BCUT2D eigenvalue weighted by Crippen LogP contribution is -2.32. The molecule has 0 saturated carbocycles. The van der Waals surface area contributed by atoms with E-state index in [4.69, 9.17) is 9.47 Å². The standard InChI is InChI=1S/C23H23N3O3/c1-3-28-17-12-13-20(29-4-2)19(15-17)25-22-21-18(11-8-14-24-21)23(27)26(22)16-9-6-5-7-10-16/h5-15,22,25H,3-4H2,1-2H3/t22-/m0/s1. The van der Waals surface area contributed by atoms with Crippen LogP contribution in [0.15, 0.2) is 66.9 Å². The van der Waals surface area contributed by atoms with E-state index in [1.807, 2.05) is 68.4 Å². The fraction of sp³-hybridized carbons (Fsp3) is 0.217. The Morgan fingerprint density at radius 1 is 1.00 bits per heavy atom. The predicted octanol–water partition coefficient (Wildman–Crippen LogP) is 4.65. The van der Waals surface area contributed by atoms with E-state index in [0.29, 0.717) is 30.2 Å². The molecule has 0 radical (unpaired) electrons. The average Bonchev–Trinajstić information content (AvgIpc) is 3.03. The van der Waals surface area contributed by atoms with Crippen molar-refractivity contribution in [1.82, 2.24) is 4.98 Å². The van der Waals surface area contributed by atoms with Gasteiger partial charge in [0.15, 0.2) is 6.17 Å². The van der Waals surface area contributed by atoms with E-state index in [9.17, 15) is 4.79 Å². The number of rotatable bonds is 7. The first-order valence-electron chi connectivity index (χ1n) is 9.72. The van der Waals surface area contributed by atoms with Gasteiger partial charge in [-0.1, -0.05) is 18.2 Å². The number of nitrogens with one attached hydrogen (secondary N) is 1. The highest BCUT2D eigenvalue weighted by Gasteiger charge is 2.39. The van der Waals surface area contributed by atoms with Crippen LogP contribution in [-0.2, 0) is 0 Å². The number of aromatic nitrogens is 1. The Labute approximate surface area is 170 Å². The van der Waals surface area contributed by atoms with Crippen molar-refractivity contribution < 1.29 is 14.3 Å². The Bertz CT molecular complexity index is 1010. The first-order valence-corrected chi connectivity index (χ1v) is 9.72. The molecule has 6 nitrogen and oxygen atoms in total. The van der Waals surface area contributed by atoms with Crippen molar-refractivity contribution in [1.29, 1.82) is 0 Å². The summed E-state index contributed by atoms with van der Waals surface area (Å²) < 4.78 is 11.4. The summed E-state index contributed by atoms with van der Waals surface area (Å²) in [4.78, 5) is 19.4. The highest BCUT2D eigenvalue weighted by molar-refractivity contribution is 6.11. The minimum absolute atomic E-state index is 0.0873. The van der Waals surface area contributed by atoms with Crippen molar-refractivity contribution in [2.75, 3.05) is 23.4 Å². The number of para-hydroxylation sites is 1. The molecular weight excluding hydrogens is 366 g/mol. The lowest BCUT2D eigenvalue weighted by Gasteiger charge is -2.27. The normalized spacial score (nSPS) is 15.2. The van der Waals surface area contributed by atoms with E-state index in [1.54, 1.807) is 17.2 Å². The number of fused-ring (bicyclic) bond motifs is 1. The molecule has 2 heterocycles. The van der Waals surface area contributed by atoms with Gasteiger partial charge in [-0.15, -0.1) is 0 Å². The number of carbonyl (C=O) groups excluding carboxylic acids is 1. The number of amides is 1. The molecule has 148 valence electrons. The van der Waals surface area contributed by atoms with Crippen molar-refractivity contribution in [3.05, 3.63) is 78.1 Å². The van der Waals surface area contributed by atoms with Crippen LogP contribution in [0.5, 0.6) is 11.5 Å². The van der Waals surface area contributed by atoms with Crippen molar-refractivity contribution in [2.24, 2.45) is 0 Å². The molecule has 1 aromatic heterocycles. The van der Waals surface area contributed by atoms with Gasteiger partial charge in [0.25, 0.3) is 5.91 Å². The van der Waals surface area contributed by atoms with Gasteiger partial charge in [-0.2, -0.15) is 0 Å². The Morgan fingerprint density at radius 3 is 2.55 bits per heavy atom. The van der Waals surface area contributed by atoms with Gasteiger partial charge in [0.1, 0.15) is 11.5 Å². The summed E-state index contributed by atoms with van der Waals surface area (Å²) in [7, 11) is 0. The topological polar surface area (TPSA) is 63.7 Å². The smallest absolute Gasteiger partial charge is 0.262 e. The molecule has 2 aromatic carbocycles. The van der Waals surface area contributed by atoms with Gasteiger partial charge in [0.05, 0.1) is 30.2 Å². The van der Waals surface area contributed by atoms with Crippen LogP contribution < -0.4 is 19.7 Å². The van der Waals surface area contributed by atoms with Crippen molar-refractivity contribution in [3.63, 3.8) is 0 Å². The number of hydrogen-bond acceptors (Lipinski definition) is 5. The average molecular weight is 389 g/mol. The molecule has 0 saturated heterocycles. The molecule has 1 N–H and O–H groups in total. The molecule has 0 spiro atoms. The quantitative estimate of drug-likeness (QED) is 0.637. The van der Waals surface area contributed by atoms with Crippen LogP contribution in [0.25, 0.3) is 0 Å². The third kappa shape index (κ3) is 3.61. The fourth-order valence-corrected chi connectivity index (χ4v) is 3.48. The zero-order chi connectivity index (χ0) is 20.2. The SMILES string of the molecule is CCOc1ccc(OCC)c(N[C@@H]2c3ncccc3C(=O)N2c2ccccc2)c1. The van der Waals surface area contributed by atoms with E-state index < -0.39 is 6.17 Å². The summed E-state index contributed by atoms with van der Waals surface area (Å²) in [5.74, 6) is 1.34. The van der Waals surface area contributed by atoms with Crippen LogP contribution in [0.1, 0.15) is 36.1 Å². The molecule has 0 fully saturated rings. The van der Waals surface area contributed by atoms with Crippen LogP contribution in [0.3, 0.4) is 0 Å². The van der Waals surface area contributed by atoms with Crippen LogP contribution >= 0.6 is 0 Å². The van der Waals surface area contributed by atoms with Gasteiger partial charge in [0.2, 0.25) is 0 Å². The van der Waals surface area contributed by atoms with E-state index >= 15 is 0 Å². The number of anilines is 2. The predicted molar refractivity (Wildman–Crippen MR) is 113 cm³/mol. The monoisotopic (exact) mass is 389 g/mol. The minimum atomic E-state index is -0.461. The summed E-state index contributed by atoms with van der Waals surface area (Å²) in [6.07, 6.45) is 1.24. The highest BCUT2D eigenvalue weighted by Crippen LogP contribution is 2.39. The maximum absolute atomic E-state index is 13.2. The summed E-state index contributed by atoms with van der Waals surface area (Å²) in [5.41, 5.74) is 2.82. The molecule has 1 aliphatic rings. The van der Waals surface area contributed by atoms with Crippen LogP contribution in [0, 0.1) is 0 Å². The second-order valence-electron chi connectivity index (χ2n) is 6.52. The number of ether oxygens (including phenoxy) is 2. The number of nitrogens with zero attached hydrogens (tertiary/aromatic N) is 2. The lowest BCUT2D eigenvalue weighted by molar-refractivity contribution is 0.0993. The number of hydrogen-bond donors (Lipinski definition) is 1. The molecule has 4 rings (SSSR count). The number of benzene rings is 2. The second kappa shape index (κ2) is 8.22. The van der Waals surface area contributed by atoms with E-state index in [0.717, 1.165) is 17.1 Å². The van der Waals surface area contributed by atoms with Gasteiger partial charge in [-0.25, -0.2) is 0 Å². The van der Waals surface area contributed by atoms with Gasteiger partial charge < -0.3 is 14.8 Å². The third-order valence-corrected chi connectivity index (χ3v) is 4.69. The van der Waals surface area contributed by atoms with E-state index in [1.165, 1.54) is 0 Å². The molecule has 0 aliphatic carbocycles. The first kappa shape index (κ1) is 18.8. The summed E-state index contributed by atoms with van der Waals surface area (Å²) >= 11 is 0. The zero-order valence-electron chi connectivity index (χ0n) is 16.5. The molecule has 29 heavy (non-hydrogen) atoms. The van der Waals surface area contributed by atoms with Crippen LogP contribution in [-0.4, -0.2) is 24.1 Å². The third-order valence-electron chi connectivity index (χ3n) is 4.69. The first-order chi connectivity index (χ1) is 14.2. The van der Waals surface area contributed by atoms with Crippen molar-refractivity contribution >= 4 is 17.3 Å². The Morgan fingerprint density at radius 2 is 1.79 bits per heavy atom. The van der Waals surface area contributed by atoms with E-state index in [-0.39, 0.29) is 5.91 Å². The maximum Gasteiger partial charge on any atom is 0.262 e. The van der Waals surface area contributed by atoms with Gasteiger partial charge in [-0.3, -0.25) is 14.7 Å². The molecule has 1 atom stereocenters. The fourth-order valence-electron chi connectivity index (χ4n) is 3.48. The molecule has 0 unspecified atom stereocenters. The van der Waals surface area contributed by atoms with Crippen LogP contribution in [0.2, 0.25) is 0 Å². The molecule has 1 aliphatic heterocycles. The number of carbonyl (C=O) groups is 1. The minimum Gasteiger partial charge on any atom is -0.494 e. The molecule has 0 bridgehead atoms. The Balaban J connectivity index is 1.77. The molecular formula is C23H23N3O3. The van der Waals surface area contributed by atoms with Crippen molar-refractivity contribution in [2.45, 2.75) is 20.0 Å². The molecule has 3 aromatic rings. The van der Waals surface area contributed by atoms with Gasteiger partial charge >= 0.3 is 0 Å². The zero-order valence-corrected chi connectivity index (χ0v) is 16.5. The lowest BCUT2D eigenvalue weighted by atomic mass is 10.2. The molecule has 1 amide bonds. The summed E-state index contributed by atoms with van der Waals surface area (Å²) in [5, 5.41) is 3.47. The van der Waals surface area contributed by atoms with Crippen LogP contribution in [0.4, 0.5) is 11.4 Å². The summed E-state index contributed by atoms with van der Waals surface area (Å²) in [6, 6.07) is 18.8. The second-order valence-corrected chi connectivity index (χ2v) is 6.52. The molecule has 6 heteroatoms. The van der Waals surface area contributed by atoms with Crippen molar-refractivity contribution in [3.8, 4) is 11.5 Å². The highest BCUT2D eigenvalue weighted by atomic mass is 16.5. The van der Waals surface area contributed by atoms with Gasteiger partial charge in [-0.05, 0) is 50.2 Å². The maximum atomic E-state index is 13.2. The largest absolute Gasteiger partial charge is 0.494 e. The summed E-state index contributed by atoms with van der Waals surface area (Å²) in [6.45, 7) is 4.97. The Kier molecular flexibility index (Phi) is 5.33. The van der Waals surface area contributed by atoms with Gasteiger partial charge in [0, 0.05) is 18.0 Å². The Hall–Kier alpha value is -3.54.